The quantitative estimate of drug-likeness (QED) is 0.805. The number of carbonyl (C=O) groups is 1. The van der Waals surface area contributed by atoms with Crippen LogP contribution in [0.2, 0.25) is 0 Å². The summed E-state index contributed by atoms with van der Waals surface area (Å²) in [6.45, 7) is 1.74. The van der Waals surface area contributed by atoms with Crippen LogP contribution < -0.4 is 5.43 Å². The fraction of sp³-hybridized carbons (Fsp3) is 0.286. The molecule has 1 saturated heterocycles. The second-order valence-corrected chi connectivity index (χ2v) is 5.55. The Kier molecular flexibility index (Phi) is 3.84. The minimum Gasteiger partial charge on any atom is -0.286 e. The summed E-state index contributed by atoms with van der Waals surface area (Å²) in [5.41, 5.74) is 3.75. The van der Waals surface area contributed by atoms with Crippen molar-refractivity contribution in [3.8, 4) is 0 Å². The lowest BCUT2D eigenvalue weighted by Gasteiger charge is -2.28. The van der Waals surface area contributed by atoms with E-state index in [9.17, 15) is 9.18 Å². The Balaban J connectivity index is 1.76. The molecule has 1 aromatic carbocycles. The van der Waals surface area contributed by atoms with Crippen molar-refractivity contribution in [2.45, 2.75) is 12.8 Å². The molecule has 1 radical (unpaired) electrons. The molecule has 2 heterocycles. The topological polar surface area (TPSA) is 44.7 Å². The van der Waals surface area contributed by atoms with Crippen molar-refractivity contribution in [3.05, 3.63) is 40.6 Å². The minimum absolute atomic E-state index is 0.282. The number of rotatable bonds is 1. The van der Waals surface area contributed by atoms with Crippen LogP contribution in [-0.2, 0) is 4.79 Å². The number of nitrogens with zero attached hydrogens (tertiary/aromatic N) is 2. The maximum absolute atomic E-state index is 13.1. The predicted molar refractivity (Wildman–Crippen MR) is 77.2 cm³/mol. The smallest absolute Gasteiger partial charge is 0.286 e. The molecule has 1 aromatic rings. The van der Waals surface area contributed by atoms with Gasteiger partial charge in [-0.15, -0.1) is 0 Å². The number of carbonyl (C=O) groups excluding carboxylic acids is 1. The van der Waals surface area contributed by atoms with Crippen LogP contribution in [0.4, 0.5) is 4.39 Å². The van der Waals surface area contributed by atoms with Gasteiger partial charge in [-0.2, -0.15) is 4.99 Å². The van der Waals surface area contributed by atoms with E-state index in [0.717, 1.165) is 25.9 Å². The molecule has 1 amide bonds. The number of nitrogens with one attached hydrogen (secondary N) is 1. The molecule has 0 saturated carbocycles. The number of halogens is 1. The van der Waals surface area contributed by atoms with Crippen molar-refractivity contribution in [1.29, 1.82) is 0 Å². The molecule has 103 valence electrons. The number of thioether (sulfide) groups is 1. The van der Waals surface area contributed by atoms with E-state index in [0.29, 0.717) is 15.6 Å². The van der Waals surface area contributed by atoms with Gasteiger partial charge in [0.15, 0.2) is 5.17 Å². The maximum Gasteiger partial charge on any atom is 0.286 e. The molecule has 1 N–H and O–H groups in total. The molecule has 0 unspecified atom stereocenters. The molecule has 6 heteroatoms. The van der Waals surface area contributed by atoms with Gasteiger partial charge in [0, 0.05) is 13.1 Å². The van der Waals surface area contributed by atoms with Crippen LogP contribution in [0.1, 0.15) is 18.4 Å². The minimum atomic E-state index is -0.343. The van der Waals surface area contributed by atoms with Crippen LogP contribution in [0.15, 0.2) is 28.1 Å². The zero-order valence-corrected chi connectivity index (χ0v) is 11.5. The maximum atomic E-state index is 13.1. The van der Waals surface area contributed by atoms with Crippen molar-refractivity contribution in [1.82, 2.24) is 10.4 Å². The summed E-state index contributed by atoms with van der Waals surface area (Å²) in [5.74, 6) is -0.625. The van der Waals surface area contributed by atoms with Gasteiger partial charge in [-0.3, -0.25) is 9.80 Å². The van der Waals surface area contributed by atoms with E-state index in [1.165, 1.54) is 30.0 Å². The first-order valence-electron chi connectivity index (χ1n) is 6.43. The molecular weight excluding hydrogens is 277 g/mol. The third kappa shape index (κ3) is 2.91. The zero-order chi connectivity index (χ0) is 13.9. The summed E-state index contributed by atoms with van der Waals surface area (Å²) in [6.07, 6.45) is 3.83. The highest BCUT2D eigenvalue weighted by molar-refractivity contribution is 8.18. The average Bonchev–Trinajstić information content (AvgIpc) is 2.81. The van der Waals surface area contributed by atoms with Gasteiger partial charge in [-0.25, -0.2) is 9.82 Å². The van der Waals surface area contributed by atoms with Crippen LogP contribution in [0, 0.1) is 11.9 Å². The van der Waals surface area contributed by atoms with Crippen LogP contribution in [0.3, 0.4) is 0 Å². The molecule has 1 fully saturated rings. The Morgan fingerprint density at radius 3 is 3.15 bits per heavy atom. The number of hydrazine groups is 1. The lowest BCUT2D eigenvalue weighted by Crippen LogP contribution is -2.45. The van der Waals surface area contributed by atoms with Gasteiger partial charge in [0.1, 0.15) is 5.82 Å². The average molecular weight is 290 g/mol. The van der Waals surface area contributed by atoms with Crippen molar-refractivity contribution < 1.29 is 9.18 Å². The molecule has 0 atom stereocenters. The van der Waals surface area contributed by atoms with Crippen LogP contribution in [-0.4, -0.2) is 29.2 Å². The van der Waals surface area contributed by atoms with E-state index < -0.39 is 0 Å². The van der Waals surface area contributed by atoms with Gasteiger partial charge >= 0.3 is 0 Å². The van der Waals surface area contributed by atoms with Gasteiger partial charge in [0.2, 0.25) is 0 Å². The third-order valence-corrected chi connectivity index (χ3v) is 4.03. The highest BCUT2D eigenvalue weighted by atomic mass is 32.2. The SMILES string of the molecule is O=C1N=C(N2CCCCN2)SC1=Cc1[c]ccc(F)c1. The number of amidine groups is 1. The second kappa shape index (κ2) is 5.76. The molecule has 0 aliphatic carbocycles. The van der Waals surface area contributed by atoms with Gasteiger partial charge in [-0.1, -0.05) is 6.07 Å². The van der Waals surface area contributed by atoms with Crippen LogP contribution >= 0.6 is 11.8 Å². The standard InChI is InChI=1S/C14H13FN3OS/c15-11-5-3-4-10(8-11)9-12-13(19)17-14(20-12)18-7-2-1-6-16-18/h3,5,8-9,16H,1-2,6-7H2. The van der Waals surface area contributed by atoms with E-state index in [-0.39, 0.29) is 11.7 Å². The largest absolute Gasteiger partial charge is 0.286 e. The van der Waals surface area contributed by atoms with Crippen molar-refractivity contribution in [2.24, 2.45) is 4.99 Å². The Hall–Kier alpha value is -1.66. The van der Waals surface area contributed by atoms with Crippen molar-refractivity contribution in [2.75, 3.05) is 13.1 Å². The fourth-order valence-electron chi connectivity index (χ4n) is 2.05. The molecule has 4 nitrogen and oxygen atoms in total. The van der Waals surface area contributed by atoms with Gasteiger partial charge in [-0.05, 0) is 54.4 Å². The highest BCUT2D eigenvalue weighted by Crippen LogP contribution is 2.30. The lowest BCUT2D eigenvalue weighted by molar-refractivity contribution is -0.113. The monoisotopic (exact) mass is 290 g/mol. The summed E-state index contributed by atoms with van der Waals surface area (Å²) in [4.78, 5) is 16.4. The van der Waals surface area contributed by atoms with Crippen molar-refractivity contribution in [3.63, 3.8) is 0 Å². The summed E-state index contributed by atoms with van der Waals surface area (Å²) in [6, 6.07) is 7.06. The number of benzene rings is 1. The number of hydrogen-bond acceptors (Lipinski definition) is 4. The summed E-state index contributed by atoms with van der Waals surface area (Å²) >= 11 is 1.31. The molecule has 2 aliphatic heterocycles. The van der Waals surface area contributed by atoms with Gasteiger partial charge < -0.3 is 0 Å². The fourth-order valence-corrected chi connectivity index (χ4v) is 2.96. The van der Waals surface area contributed by atoms with Gasteiger partial charge in [0.25, 0.3) is 5.91 Å². The first-order valence-corrected chi connectivity index (χ1v) is 7.25. The summed E-state index contributed by atoms with van der Waals surface area (Å²) in [5, 5.41) is 2.57. The molecular formula is C14H13FN3OS. The van der Waals surface area contributed by atoms with E-state index in [1.807, 2.05) is 5.01 Å². The van der Waals surface area contributed by atoms with Crippen molar-refractivity contribution >= 4 is 28.9 Å². The molecule has 0 spiro atoms. The number of hydrogen-bond donors (Lipinski definition) is 1. The van der Waals surface area contributed by atoms with E-state index in [4.69, 9.17) is 0 Å². The molecule has 0 bridgehead atoms. The number of aliphatic imine (C=N–C) groups is 1. The Morgan fingerprint density at radius 2 is 2.40 bits per heavy atom. The molecule has 20 heavy (non-hydrogen) atoms. The normalized spacial score (nSPS) is 21.4. The zero-order valence-electron chi connectivity index (χ0n) is 10.7. The van der Waals surface area contributed by atoms with E-state index in [1.54, 1.807) is 6.08 Å². The molecule has 2 aliphatic rings. The Bertz CT molecular complexity index is 594. The summed E-state index contributed by atoms with van der Waals surface area (Å²) in [7, 11) is 0. The highest BCUT2D eigenvalue weighted by Gasteiger charge is 2.26. The first kappa shape index (κ1) is 13.3. The summed E-state index contributed by atoms with van der Waals surface area (Å²) < 4.78 is 13.1. The first-order chi connectivity index (χ1) is 9.72. The Morgan fingerprint density at radius 1 is 1.50 bits per heavy atom. The molecule has 0 aromatic heterocycles. The van der Waals surface area contributed by atoms with E-state index >= 15 is 0 Å². The molecule has 3 rings (SSSR count). The second-order valence-electron chi connectivity index (χ2n) is 4.54. The van der Waals surface area contributed by atoms with Gasteiger partial charge in [0.05, 0.1) is 4.91 Å². The number of amides is 1. The van der Waals surface area contributed by atoms with Crippen LogP contribution in [0.5, 0.6) is 0 Å². The predicted octanol–water partition coefficient (Wildman–Crippen LogP) is 2.20. The lowest BCUT2D eigenvalue weighted by atomic mass is 10.2. The third-order valence-electron chi connectivity index (χ3n) is 3.02. The van der Waals surface area contributed by atoms with E-state index in [2.05, 4.69) is 16.5 Å². The van der Waals surface area contributed by atoms with Crippen LogP contribution in [0.25, 0.3) is 6.08 Å². The Labute approximate surface area is 120 Å².